The number of aryl methyl sites for hydroxylation is 1. The number of thiazole rings is 1. The zero-order chi connectivity index (χ0) is 22.4. The van der Waals surface area contributed by atoms with E-state index in [-0.39, 0.29) is 17.5 Å². The average molecular weight is 459 g/mol. The maximum Gasteiger partial charge on any atom is 0.261 e. The molecular weight excluding hydrogens is 432 g/mol. The van der Waals surface area contributed by atoms with Gasteiger partial charge in [0.05, 0.1) is 26.1 Å². The number of aromatic nitrogens is 3. The van der Waals surface area contributed by atoms with E-state index in [2.05, 4.69) is 18.2 Å². The molecule has 1 aliphatic carbocycles. The summed E-state index contributed by atoms with van der Waals surface area (Å²) >= 11 is 1.78. The van der Waals surface area contributed by atoms with Crippen LogP contribution < -0.4 is 5.56 Å². The van der Waals surface area contributed by atoms with E-state index in [1.165, 1.54) is 9.71 Å². The first-order valence-corrected chi connectivity index (χ1v) is 12.6. The van der Waals surface area contributed by atoms with Crippen molar-refractivity contribution in [1.29, 1.82) is 0 Å². The molecule has 168 valence electrons. The maximum absolute atomic E-state index is 13.0. The first-order chi connectivity index (χ1) is 16.2. The van der Waals surface area contributed by atoms with Gasteiger partial charge in [0.2, 0.25) is 5.91 Å². The lowest BCUT2D eigenvalue weighted by molar-refractivity contribution is -0.132. The highest BCUT2D eigenvalue weighted by molar-refractivity contribution is 7.18. The van der Waals surface area contributed by atoms with E-state index in [0.29, 0.717) is 24.1 Å². The summed E-state index contributed by atoms with van der Waals surface area (Å²) in [4.78, 5) is 37.6. The second kappa shape index (κ2) is 8.37. The Bertz CT molecular complexity index is 1360. The molecule has 1 saturated carbocycles. The minimum atomic E-state index is 0.0298. The van der Waals surface area contributed by atoms with Crippen molar-refractivity contribution in [2.24, 2.45) is 0 Å². The van der Waals surface area contributed by atoms with E-state index < -0.39 is 0 Å². The van der Waals surface area contributed by atoms with Crippen LogP contribution in [-0.2, 0) is 11.2 Å². The molecule has 33 heavy (non-hydrogen) atoms. The van der Waals surface area contributed by atoms with E-state index in [1.54, 1.807) is 11.3 Å². The van der Waals surface area contributed by atoms with Gasteiger partial charge in [-0.1, -0.05) is 24.3 Å². The van der Waals surface area contributed by atoms with Crippen molar-refractivity contribution in [3.8, 4) is 0 Å². The smallest absolute Gasteiger partial charge is 0.261 e. The predicted octanol–water partition coefficient (Wildman–Crippen LogP) is 4.68. The van der Waals surface area contributed by atoms with Gasteiger partial charge in [-0.05, 0) is 49.9 Å². The molecule has 1 amide bonds. The summed E-state index contributed by atoms with van der Waals surface area (Å²) in [7, 11) is 0. The molecule has 1 saturated heterocycles. The molecule has 7 heteroatoms. The van der Waals surface area contributed by atoms with Crippen molar-refractivity contribution in [3.63, 3.8) is 0 Å². The second-order valence-corrected chi connectivity index (χ2v) is 10.2. The molecule has 0 unspecified atom stereocenters. The number of hydrogen-bond acceptors (Lipinski definition) is 5. The van der Waals surface area contributed by atoms with Crippen molar-refractivity contribution >= 4 is 38.4 Å². The van der Waals surface area contributed by atoms with Crippen LogP contribution in [0.5, 0.6) is 0 Å². The SMILES string of the molecule is O=C(CCc1nc2ccccc2c(=O)n1C1CC1)N1CCC(c2nc3ccccc3s2)CC1. The number of nitrogens with zero attached hydrogens (tertiary/aromatic N) is 4. The third-order valence-electron chi connectivity index (χ3n) is 6.86. The third kappa shape index (κ3) is 3.95. The molecule has 6 nitrogen and oxygen atoms in total. The monoisotopic (exact) mass is 458 g/mol. The van der Waals surface area contributed by atoms with Gasteiger partial charge >= 0.3 is 0 Å². The molecule has 1 aliphatic heterocycles. The fourth-order valence-corrected chi connectivity index (χ4v) is 6.03. The summed E-state index contributed by atoms with van der Waals surface area (Å²) in [5.74, 6) is 1.33. The summed E-state index contributed by atoms with van der Waals surface area (Å²) in [5, 5.41) is 1.86. The van der Waals surface area contributed by atoms with E-state index >= 15 is 0 Å². The van der Waals surface area contributed by atoms with E-state index in [9.17, 15) is 9.59 Å². The molecule has 6 rings (SSSR count). The first-order valence-electron chi connectivity index (χ1n) is 11.8. The second-order valence-electron chi connectivity index (χ2n) is 9.13. The molecule has 2 fully saturated rings. The van der Waals surface area contributed by atoms with Gasteiger partial charge < -0.3 is 4.90 Å². The minimum absolute atomic E-state index is 0.0298. The standard InChI is InChI=1S/C26H26N4O2S/c31-24(29-15-13-17(14-16-29)25-28-21-7-3-4-8-22(21)33-25)12-11-23-27-20-6-2-1-5-19(20)26(32)30(23)18-9-10-18/h1-8,17-18H,9-16H2. The molecule has 2 aromatic carbocycles. The van der Waals surface area contributed by atoms with Gasteiger partial charge in [-0.15, -0.1) is 11.3 Å². The van der Waals surface area contributed by atoms with Gasteiger partial charge in [-0.3, -0.25) is 14.2 Å². The van der Waals surface area contributed by atoms with Gasteiger partial charge in [-0.25, -0.2) is 9.97 Å². The number of piperidine rings is 1. The Morgan fingerprint density at radius 3 is 2.42 bits per heavy atom. The Morgan fingerprint density at radius 1 is 0.939 bits per heavy atom. The fraction of sp³-hybridized carbons (Fsp3) is 0.385. The summed E-state index contributed by atoms with van der Waals surface area (Å²) in [6.07, 6.45) is 4.83. The Balaban J connectivity index is 1.13. The molecule has 4 aromatic rings. The van der Waals surface area contributed by atoms with Crippen LogP contribution in [0.25, 0.3) is 21.1 Å². The highest BCUT2D eigenvalue weighted by Crippen LogP contribution is 2.36. The third-order valence-corrected chi connectivity index (χ3v) is 8.06. The van der Waals surface area contributed by atoms with Crippen LogP contribution in [0.3, 0.4) is 0 Å². The first kappa shape index (κ1) is 20.5. The fourth-order valence-electron chi connectivity index (χ4n) is 4.89. The number of benzene rings is 2. The van der Waals surface area contributed by atoms with Gasteiger partial charge in [0, 0.05) is 37.9 Å². The normalized spacial score (nSPS) is 17.2. The minimum Gasteiger partial charge on any atom is -0.343 e. The zero-order valence-corrected chi connectivity index (χ0v) is 19.3. The quantitative estimate of drug-likeness (QED) is 0.435. The number of fused-ring (bicyclic) bond motifs is 2. The van der Waals surface area contributed by atoms with Crippen LogP contribution in [0.2, 0.25) is 0 Å². The van der Waals surface area contributed by atoms with E-state index in [4.69, 9.17) is 9.97 Å². The van der Waals surface area contributed by atoms with Gasteiger partial charge in [0.15, 0.2) is 0 Å². The van der Waals surface area contributed by atoms with Crippen LogP contribution in [0.4, 0.5) is 0 Å². The summed E-state index contributed by atoms with van der Waals surface area (Å²) < 4.78 is 3.07. The van der Waals surface area contributed by atoms with E-state index in [0.717, 1.165) is 55.6 Å². The molecule has 0 N–H and O–H groups in total. The van der Waals surface area contributed by atoms with Crippen LogP contribution in [0.15, 0.2) is 53.3 Å². The van der Waals surface area contributed by atoms with Gasteiger partial charge in [-0.2, -0.15) is 0 Å². The predicted molar refractivity (Wildman–Crippen MR) is 131 cm³/mol. The van der Waals surface area contributed by atoms with Crippen molar-refractivity contribution in [3.05, 3.63) is 69.7 Å². The number of amides is 1. The van der Waals surface area contributed by atoms with Crippen LogP contribution in [0.1, 0.15) is 54.9 Å². The van der Waals surface area contributed by atoms with Crippen molar-refractivity contribution in [1.82, 2.24) is 19.4 Å². The Morgan fingerprint density at radius 2 is 1.67 bits per heavy atom. The maximum atomic E-state index is 13.0. The molecule has 0 bridgehead atoms. The molecule has 0 spiro atoms. The average Bonchev–Trinajstić information content (AvgIpc) is 3.59. The summed E-state index contributed by atoms with van der Waals surface area (Å²) in [5.41, 5.74) is 1.82. The lowest BCUT2D eigenvalue weighted by atomic mass is 9.97. The highest BCUT2D eigenvalue weighted by atomic mass is 32.1. The van der Waals surface area contributed by atoms with Gasteiger partial charge in [0.25, 0.3) is 5.56 Å². The molecule has 0 radical (unpaired) electrons. The zero-order valence-electron chi connectivity index (χ0n) is 18.4. The summed E-state index contributed by atoms with van der Waals surface area (Å²) in [6.45, 7) is 1.53. The number of carbonyl (C=O) groups excluding carboxylic acids is 1. The number of likely N-dealkylation sites (tertiary alicyclic amines) is 1. The molecular formula is C26H26N4O2S. The topological polar surface area (TPSA) is 68.1 Å². The largest absolute Gasteiger partial charge is 0.343 e. The van der Waals surface area contributed by atoms with Crippen molar-refractivity contribution < 1.29 is 4.79 Å². The van der Waals surface area contributed by atoms with Gasteiger partial charge in [0.1, 0.15) is 5.82 Å². The van der Waals surface area contributed by atoms with E-state index in [1.807, 2.05) is 39.8 Å². The molecule has 2 aliphatic rings. The number of rotatable bonds is 5. The lowest BCUT2D eigenvalue weighted by Gasteiger charge is -2.31. The van der Waals surface area contributed by atoms with Crippen molar-refractivity contribution in [2.75, 3.05) is 13.1 Å². The van der Waals surface area contributed by atoms with Crippen molar-refractivity contribution in [2.45, 2.75) is 50.5 Å². The van der Waals surface area contributed by atoms with Crippen LogP contribution in [-0.4, -0.2) is 38.4 Å². The number of hydrogen-bond donors (Lipinski definition) is 0. The Labute approximate surface area is 195 Å². The number of para-hydroxylation sites is 2. The lowest BCUT2D eigenvalue weighted by Crippen LogP contribution is -2.38. The van der Waals surface area contributed by atoms with Crippen LogP contribution >= 0.6 is 11.3 Å². The molecule has 2 aromatic heterocycles. The molecule has 3 heterocycles. The highest BCUT2D eigenvalue weighted by Gasteiger charge is 2.29. The Kier molecular flexibility index (Phi) is 5.21. The van der Waals surface area contributed by atoms with Crippen LogP contribution in [0, 0.1) is 0 Å². The number of carbonyl (C=O) groups is 1. The Hall–Kier alpha value is -3.06. The summed E-state index contributed by atoms with van der Waals surface area (Å²) in [6, 6.07) is 16.0. The molecule has 0 atom stereocenters.